The van der Waals surface area contributed by atoms with Crippen molar-refractivity contribution < 1.29 is 14.2 Å². The van der Waals surface area contributed by atoms with E-state index in [-0.39, 0.29) is 13.2 Å². The summed E-state index contributed by atoms with van der Waals surface area (Å²) < 4.78 is 13.7. The smallest absolute Gasteiger partial charge is 0.323 e. The highest BCUT2D eigenvalue weighted by Crippen LogP contribution is 2.25. The Kier molecular flexibility index (Phi) is 5.37. The minimum Gasteiger partial charge on any atom is -0.449 e. The number of nitrogens with one attached hydrogen (secondary N) is 2. The first kappa shape index (κ1) is 18.4. The zero-order chi connectivity index (χ0) is 19.4. The maximum Gasteiger partial charge on any atom is 0.323 e. The lowest BCUT2D eigenvalue weighted by Crippen LogP contribution is -2.20. The third-order valence-corrected chi connectivity index (χ3v) is 3.98. The molecule has 0 aliphatic rings. The first-order valence-corrected chi connectivity index (χ1v) is 8.26. The SMILES string of the molecule is Cc1ccc(F)c(NC(=O)Nc2ccc(-c3cc(BO)cnc3N)cc2)c1. The summed E-state index contributed by atoms with van der Waals surface area (Å²) in [7, 11) is -0.129. The van der Waals surface area contributed by atoms with Gasteiger partial charge in [-0.1, -0.05) is 24.3 Å². The van der Waals surface area contributed by atoms with Gasteiger partial charge in [0.05, 0.1) is 5.69 Å². The molecule has 0 aliphatic carbocycles. The highest BCUT2D eigenvalue weighted by atomic mass is 19.1. The molecule has 136 valence electrons. The maximum absolute atomic E-state index is 13.7. The Bertz CT molecular complexity index is 980. The normalized spacial score (nSPS) is 10.3. The fraction of sp³-hybridized carbons (Fsp3) is 0.0526. The molecule has 0 radical (unpaired) electrons. The predicted molar refractivity (Wildman–Crippen MR) is 107 cm³/mol. The number of carbonyl (C=O) groups excluding carboxylic acids is 1. The van der Waals surface area contributed by atoms with Crippen molar-refractivity contribution in [3.8, 4) is 11.1 Å². The van der Waals surface area contributed by atoms with Crippen LogP contribution in [0, 0.1) is 12.7 Å². The Balaban J connectivity index is 1.72. The quantitative estimate of drug-likeness (QED) is 0.534. The number of amides is 2. The lowest BCUT2D eigenvalue weighted by Gasteiger charge is -2.11. The van der Waals surface area contributed by atoms with Crippen LogP contribution in [0.25, 0.3) is 11.1 Å². The van der Waals surface area contributed by atoms with Gasteiger partial charge in [0.25, 0.3) is 0 Å². The number of hydrogen-bond acceptors (Lipinski definition) is 4. The van der Waals surface area contributed by atoms with Gasteiger partial charge >= 0.3 is 13.5 Å². The van der Waals surface area contributed by atoms with Crippen LogP contribution in [0.5, 0.6) is 0 Å². The van der Waals surface area contributed by atoms with Gasteiger partial charge in [0, 0.05) is 17.4 Å². The van der Waals surface area contributed by atoms with E-state index in [4.69, 9.17) is 5.73 Å². The summed E-state index contributed by atoms with van der Waals surface area (Å²) >= 11 is 0. The second kappa shape index (κ2) is 7.88. The molecule has 1 aromatic heterocycles. The van der Waals surface area contributed by atoms with E-state index in [1.807, 2.05) is 6.92 Å². The van der Waals surface area contributed by atoms with E-state index in [1.165, 1.54) is 12.3 Å². The number of rotatable bonds is 4. The average molecular weight is 364 g/mol. The van der Waals surface area contributed by atoms with Gasteiger partial charge in [-0.15, -0.1) is 0 Å². The Morgan fingerprint density at radius 3 is 2.59 bits per heavy atom. The molecule has 0 saturated heterocycles. The molecule has 5 N–H and O–H groups in total. The summed E-state index contributed by atoms with van der Waals surface area (Å²) in [5.74, 6) is -0.154. The third-order valence-electron chi connectivity index (χ3n) is 3.98. The number of pyridine rings is 1. The summed E-state index contributed by atoms with van der Waals surface area (Å²) in [6.45, 7) is 1.81. The van der Waals surface area contributed by atoms with Crippen LogP contribution in [0.1, 0.15) is 5.56 Å². The van der Waals surface area contributed by atoms with E-state index < -0.39 is 11.8 Å². The Morgan fingerprint density at radius 1 is 1.15 bits per heavy atom. The van der Waals surface area contributed by atoms with Crippen molar-refractivity contribution in [2.24, 2.45) is 0 Å². The number of halogens is 1. The van der Waals surface area contributed by atoms with Crippen LogP contribution in [0.15, 0.2) is 54.7 Å². The van der Waals surface area contributed by atoms with E-state index >= 15 is 0 Å². The second-order valence-corrected chi connectivity index (χ2v) is 6.07. The lowest BCUT2D eigenvalue weighted by molar-refractivity contribution is 0.262. The highest BCUT2D eigenvalue weighted by Gasteiger charge is 2.09. The molecule has 0 unspecified atom stereocenters. The number of nitrogens with two attached hydrogens (primary N) is 1. The first-order valence-electron chi connectivity index (χ1n) is 8.26. The molecule has 0 bridgehead atoms. The number of benzene rings is 2. The zero-order valence-corrected chi connectivity index (χ0v) is 14.7. The highest BCUT2D eigenvalue weighted by molar-refractivity contribution is 6.45. The van der Waals surface area contributed by atoms with Gasteiger partial charge in [-0.3, -0.25) is 0 Å². The van der Waals surface area contributed by atoms with Crippen LogP contribution in [0.2, 0.25) is 0 Å². The van der Waals surface area contributed by atoms with Gasteiger partial charge in [-0.05, 0) is 47.8 Å². The summed E-state index contributed by atoms with van der Waals surface area (Å²) in [6, 6.07) is 12.7. The van der Waals surface area contributed by atoms with Crippen molar-refractivity contribution in [2.75, 3.05) is 16.4 Å². The van der Waals surface area contributed by atoms with Crippen molar-refractivity contribution in [3.05, 3.63) is 66.1 Å². The van der Waals surface area contributed by atoms with Crippen LogP contribution < -0.4 is 21.8 Å². The topological polar surface area (TPSA) is 100 Å². The number of nitrogen functional groups attached to an aromatic ring is 1. The number of hydrogen-bond donors (Lipinski definition) is 4. The van der Waals surface area contributed by atoms with E-state index in [0.717, 1.165) is 11.1 Å². The van der Waals surface area contributed by atoms with Crippen LogP contribution in [-0.4, -0.2) is 23.5 Å². The van der Waals surface area contributed by atoms with E-state index in [0.29, 0.717) is 22.5 Å². The number of carbonyl (C=O) groups is 1. The van der Waals surface area contributed by atoms with E-state index in [9.17, 15) is 14.2 Å². The number of urea groups is 1. The molecular formula is C19H18BFN4O2. The van der Waals surface area contributed by atoms with Crippen LogP contribution in [-0.2, 0) is 0 Å². The first-order chi connectivity index (χ1) is 13.0. The molecule has 0 saturated carbocycles. The van der Waals surface area contributed by atoms with E-state index in [2.05, 4.69) is 15.6 Å². The summed E-state index contributed by atoms with van der Waals surface area (Å²) in [6.07, 6.45) is 1.52. The van der Waals surface area contributed by atoms with E-state index in [1.54, 1.807) is 42.5 Å². The summed E-state index contributed by atoms with van der Waals surface area (Å²) in [4.78, 5) is 16.2. The minimum absolute atomic E-state index is 0.115. The number of anilines is 3. The van der Waals surface area contributed by atoms with Crippen molar-refractivity contribution in [1.82, 2.24) is 4.98 Å². The molecule has 0 atom stereocenters. The molecule has 0 fully saturated rings. The lowest BCUT2D eigenvalue weighted by atomic mass is 9.88. The summed E-state index contributed by atoms with van der Waals surface area (Å²) in [5.41, 5.74) is 9.54. The van der Waals surface area contributed by atoms with Crippen molar-refractivity contribution in [2.45, 2.75) is 6.92 Å². The molecule has 2 aromatic carbocycles. The Labute approximate surface area is 156 Å². The molecule has 6 nitrogen and oxygen atoms in total. The fourth-order valence-electron chi connectivity index (χ4n) is 2.59. The minimum atomic E-state index is -0.546. The average Bonchev–Trinajstić information content (AvgIpc) is 2.66. The largest absolute Gasteiger partial charge is 0.449 e. The third kappa shape index (κ3) is 4.42. The van der Waals surface area contributed by atoms with Crippen molar-refractivity contribution >= 4 is 36.2 Å². The maximum atomic E-state index is 13.7. The summed E-state index contributed by atoms with van der Waals surface area (Å²) in [5, 5.41) is 14.4. The van der Waals surface area contributed by atoms with Crippen LogP contribution in [0.4, 0.5) is 26.4 Å². The van der Waals surface area contributed by atoms with Crippen LogP contribution in [0.3, 0.4) is 0 Å². The Morgan fingerprint density at radius 2 is 1.89 bits per heavy atom. The number of aromatic nitrogens is 1. The predicted octanol–water partition coefficient (Wildman–Crippen LogP) is 2.39. The fourth-order valence-corrected chi connectivity index (χ4v) is 2.59. The van der Waals surface area contributed by atoms with Gasteiger partial charge < -0.3 is 21.4 Å². The van der Waals surface area contributed by atoms with Crippen molar-refractivity contribution in [3.63, 3.8) is 0 Å². The number of aryl methyl sites for hydroxylation is 1. The Hall–Kier alpha value is -3.39. The van der Waals surface area contributed by atoms with Gasteiger partial charge in [0.15, 0.2) is 0 Å². The molecule has 2 amide bonds. The van der Waals surface area contributed by atoms with Gasteiger partial charge in [-0.25, -0.2) is 14.2 Å². The van der Waals surface area contributed by atoms with Gasteiger partial charge in [0.2, 0.25) is 0 Å². The molecule has 1 heterocycles. The zero-order valence-electron chi connectivity index (χ0n) is 14.7. The molecule has 27 heavy (non-hydrogen) atoms. The monoisotopic (exact) mass is 364 g/mol. The van der Waals surface area contributed by atoms with Gasteiger partial charge in [-0.2, -0.15) is 0 Å². The number of nitrogens with zero attached hydrogens (tertiary/aromatic N) is 1. The van der Waals surface area contributed by atoms with Crippen molar-refractivity contribution in [1.29, 1.82) is 0 Å². The molecule has 3 aromatic rings. The molecular weight excluding hydrogens is 346 g/mol. The standard InChI is InChI=1S/C19H18BFN4O2/c1-11-2-7-16(21)17(8-11)25-19(26)24-14-5-3-12(4-6-14)15-9-13(20-27)10-23-18(15)22/h2-10,20,27H,1H3,(H2,22,23)(H2,24,25,26). The van der Waals surface area contributed by atoms with Crippen LogP contribution >= 0.6 is 0 Å². The molecule has 0 aliphatic heterocycles. The molecule has 0 spiro atoms. The molecule has 3 rings (SSSR count). The second-order valence-electron chi connectivity index (χ2n) is 6.07. The molecule has 8 heteroatoms. The van der Waals surface area contributed by atoms with Gasteiger partial charge in [0.1, 0.15) is 11.6 Å².